The van der Waals surface area contributed by atoms with Crippen LogP contribution < -0.4 is 0 Å². The summed E-state index contributed by atoms with van der Waals surface area (Å²) in [6.07, 6.45) is 1.21. The van der Waals surface area contributed by atoms with Crippen molar-refractivity contribution in [3.8, 4) is 0 Å². The first-order valence-corrected chi connectivity index (χ1v) is 5.51. The van der Waals surface area contributed by atoms with Crippen molar-refractivity contribution in [3.63, 3.8) is 0 Å². The van der Waals surface area contributed by atoms with E-state index in [0.717, 1.165) is 6.07 Å². The molecular formula is C7H5BrF3NOS. The molecule has 0 saturated heterocycles. The Bertz CT molecular complexity index is 333. The van der Waals surface area contributed by atoms with Crippen molar-refractivity contribution in [2.75, 3.05) is 0 Å². The molecule has 0 spiro atoms. The number of hydrogen-bond acceptors (Lipinski definition) is 2. The third kappa shape index (κ3) is 2.33. The Hall–Kier alpha value is -0.430. The number of aromatic nitrogens is 1. The lowest BCUT2D eigenvalue weighted by Crippen LogP contribution is -2.31. The van der Waals surface area contributed by atoms with Gasteiger partial charge in [-0.05, 0) is 28.1 Å². The van der Waals surface area contributed by atoms with Gasteiger partial charge >= 0.3 is 5.25 Å². The monoisotopic (exact) mass is 287 g/mol. The molecule has 0 saturated carbocycles. The van der Waals surface area contributed by atoms with Crippen LogP contribution >= 0.6 is 15.9 Å². The summed E-state index contributed by atoms with van der Waals surface area (Å²) in [6.45, 7) is 0. The van der Waals surface area contributed by atoms with E-state index in [0.29, 0.717) is 0 Å². The van der Waals surface area contributed by atoms with Crippen LogP contribution in [0.1, 0.15) is 0 Å². The van der Waals surface area contributed by atoms with Gasteiger partial charge in [0, 0.05) is 6.20 Å². The summed E-state index contributed by atoms with van der Waals surface area (Å²) in [4.78, 5) is 3.46. The van der Waals surface area contributed by atoms with Crippen molar-refractivity contribution in [2.45, 2.75) is 15.4 Å². The topological polar surface area (TPSA) is 30.0 Å². The standard InChI is InChI=1S/C7H5BrF3NOS/c8-6(9)7(10,11)14(13)5-3-1-2-4-12-5/h1-4,6H. The van der Waals surface area contributed by atoms with Crippen LogP contribution in [0.25, 0.3) is 0 Å². The van der Waals surface area contributed by atoms with Gasteiger partial charge in [0.25, 0.3) is 0 Å². The van der Waals surface area contributed by atoms with Crippen molar-refractivity contribution in [1.29, 1.82) is 0 Å². The fourth-order valence-electron chi connectivity index (χ4n) is 0.677. The molecule has 0 bridgehead atoms. The molecule has 2 atom stereocenters. The Balaban J connectivity index is 2.97. The molecule has 0 aliphatic heterocycles. The molecule has 2 unspecified atom stereocenters. The smallest absolute Gasteiger partial charge is 0.247 e. The normalized spacial score (nSPS) is 16.3. The second-order valence-corrected chi connectivity index (χ2v) is 4.60. The number of rotatable bonds is 3. The maximum Gasteiger partial charge on any atom is 0.367 e. The summed E-state index contributed by atoms with van der Waals surface area (Å²) < 4.78 is 49.2. The first-order chi connectivity index (χ1) is 6.46. The maximum absolute atomic E-state index is 12.9. The van der Waals surface area contributed by atoms with E-state index < -0.39 is 21.1 Å². The van der Waals surface area contributed by atoms with Gasteiger partial charge in [0.1, 0.15) is 15.8 Å². The maximum atomic E-state index is 12.9. The first kappa shape index (κ1) is 11.6. The number of nitrogens with zero attached hydrogens (tertiary/aromatic N) is 1. The quantitative estimate of drug-likeness (QED) is 0.800. The van der Waals surface area contributed by atoms with Gasteiger partial charge in [-0.3, -0.25) is 0 Å². The summed E-state index contributed by atoms with van der Waals surface area (Å²) >= 11 is 2.06. The van der Waals surface area contributed by atoms with Gasteiger partial charge in [-0.2, -0.15) is 8.78 Å². The van der Waals surface area contributed by atoms with Crippen LogP contribution in [-0.2, 0) is 10.8 Å². The van der Waals surface area contributed by atoms with E-state index in [1.165, 1.54) is 18.3 Å². The van der Waals surface area contributed by atoms with Gasteiger partial charge in [-0.1, -0.05) is 6.07 Å². The highest BCUT2D eigenvalue weighted by atomic mass is 79.9. The fraction of sp³-hybridized carbons (Fsp3) is 0.286. The number of alkyl halides is 4. The van der Waals surface area contributed by atoms with Gasteiger partial charge < -0.3 is 0 Å². The van der Waals surface area contributed by atoms with E-state index in [1.54, 1.807) is 0 Å². The highest BCUT2D eigenvalue weighted by molar-refractivity contribution is 9.09. The van der Waals surface area contributed by atoms with Crippen LogP contribution in [0.2, 0.25) is 0 Å². The predicted molar refractivity (Wildman–Crippen MR) is 49.4 cm³/mol. The molecule has 0 radical (unpaired) electrons. The summed E-state index contributed by atoms with van der Waals surface area (Å²) in [6, 6.07) is 4.04. The minimum absolute atomic E-state index is 0.348. The molecule has 1 rings (SSSR count). The number of pyridine rings is 1. The van der Waals surface area contributed by atoms with Gasteiger partial charge in [-0.25, -0.2) is 13.6 Å². The molecule has 78 valence electrons. The molecule has 0 aliphatic rings. The largest absolute Gasteiger partial charge is 0.367 e. The molecule has 2 nitrogen and oxygen atoms in total. The molecule has 1 heterocycles. The van der Waals surface area contributed by atoms with Gasteiger partial charge in [0.15, 0.2) is 0 Å². The van der Waals surface area contributed by atoms with Crippen LogP contribution in [0, 0.1) is 0 Å². The molecule has 1 aromatic heterocycles. The van der Waals surface area contributed by atoms with Crippen LogP contribution in [0.5, 0.6) is 0 Å². The number of halogens is 4. The molecule has 0 aliphatic carbocycles. The zero-order valence-electron chi connectivity index (χ0n) is 6.66. The SMILES string of the molecule is O=S(c1ccccn1)C(F)(F)C(F)Br. The van der Waals surface area contributed by atoms with E-state index in [9.17, 15) is 17.4 Å². The number of hydrogen-bond donors (Lipinski definition) is 0. The highest BCUT2D eigenvalue weighted by Gasteiger charge is 2.46. The second kappa shape index (κ2) is 4.39. The van der Waals surface area contributed by atoms with E-state index in [4.69, 9.17) is 0 Å². The Morgan fingerprint density at radius 1 is 1.50 bits per heavy atom. The molecule has 14 heavy (non-hydrogen) atoms. The first-order valence-electron chi connectivity index (χ1n) is 3.45. The average Bonchev–Trinajstić information content (AvgIpc) is 2.17. The molecule has 7 heteroatoms. The van der Waals surface area contributed by atoms with Crippen molar-refractivity contribution in [2.24, 2.45) is 0 Å². The van der Waals surface area contributed by atoms with Crippen LogP contribution in [0.3, 0.4) is 0 Å². The van der Waals surface area contributed by atoms with Gasteiger partial charge in [0.05, 0.1) is 0 Å². The summed E-state index contributed by atoms with van der Waals surface area (Å²) in [5, 5.41) is -6.98. The van der Waals surface area contributed by atoms with Crippen molar-refractivity contribution in [3.05, 3.63) is 24.4 Å². The Morgan fingerprint density at radius 3 is 2.57 bits per heavy atom. The molecule has 0 fully saturated rings. The van der Waals surface area contributed by atoms with Crippen LogP contribution in [0.15, 0.2) is 29.4 Å². The van der Waals surface area contributed by atoms with E-state index >= 15 is 0 Å². The third-order valence-electron chi connectivity index (χ3n) is 1.33. The van der Waals surface area contributed by atoms with Gasteiger partial charge in [0.2, 0.25) is 5.08 Å². The Morgan fingerprint density at radius 2 is 2.14 bits per heavy atom. The lowest BCUT2D eigenvalue weighted by molar-refractivity contribution is 0.0542. The van der Waals surface area contributed by atoms with Gasteiger partial charge in [-0.15, -0.1) is 0 Å². The summed E-state index contributed by atoms with van der Waals surface area (Å²) in [5.41, 5.74) is 0. The lowest BCUT2D eigenvalue weighted by atomic mass is 10.5. The minimum atomic E-state index is -3.98. The molecule has 1 aromatic rings. The molecule has 0 N–H and O–H groups in total. The zero-order valence-corrected chi connectivity index (χ0v) is 9.06. The predicted octanol–water partition coefficient (Wildman–Crippen LogP) is 2.47. The van der Waals surface area contributed by atoms with E-state index in [2.05, 4.69) is 20.9 Å². The second-order valence-electron chi connectivity index (χ2n) is 2.30. The lowest BCUT2D eigenvalue weighted by Gasteiger charge is -2.14. The third-order valence-corrected chi connectivity index (χ3v) is 3.53. The zero-order chi connectivity index (χ0) is 10.8. The Labute approximate surface area is 89.1 Å². The minimum Gasteiger partial charge on any atom is -0.247 e. The Kier molecular flexibility index (Phi) is 3.65. The fourth-order valence-corrected chi connectivity index (χ4v) is 1.99. The van der Waals surface area contributed by atoms with Crippen molar-refractivity contribution >= 4 is 26.7 Å². The van der Waals surface area contributed by atoms with Crippen LogP contribution in [0.4, 0.5) is 13.2 Å². The summed E-state index contributed by atoms with van der Waals surface area (Å²) in [5.74, 6) is 0. The van der Waals surface area contributed by atoms with E-state index in [1.807, 2.05) is 0 Å². The summed E-state index contributed by atoms with van der Waals surface area (Å²) in [7, 11) is -2.79. The molecular weight excluding hydrogens is 283 g/mol. The van der Waals surface area contributed by atoms with Crippen molar-refractivity contribution in [1.82, 2.24) is 4.98 Å². The van der Waals surface area contributed by atoms with Crippen LogP contribution in [-0.4, -0.2) is 19.5 Å². The average molecular weight is 288 g/mol. The van der Waals surface area contributed by atoms with Crippen molar-refractivity contribution < 1.29 is 17.4 Å². The van der Waals surface area contributed by atoms with E-state index in [-0.39, 0.29) is 5.03 Å². The molecule has 0 amide bonds. The highest BCUT2D eigenvalue weighted by Crippen LogP contribution is 2.32. The molecule has 0 aromatic carbocycles.